The average Bonchev–Trinajstić information content (AvgIpc) is 3.46. The van der Waals surface area contributed by atoms with E-state index in [1.165, 1.54) is 12.7 Å². The molecule has 54 heavy (non-hydrogen) atoms. The van der Waals surface area contributed by atoms with E-state index in [1.54, 1.807) is 0 Å². The molecule has 0 radical (unpaired) electrons. The van der Waals surface area contributed by atoms with Crippen LogP contribution in [0.2, 0.25) is 0 Å². The van der Waals surface area contributed by atoms with E-state index < -0.39 is 28.0 Å². The predicted molar refractivity (Wildman–Crippen MR) is 203 cm³/mol. The van der Waals surface area contributed by atoms with Crippen molar-refractivity contribution in [1.82, 2.24) is 15.5 Å². The van der Waals surface area contributed by atoms with Crippen molar-refractivity contribution < 1.29 is 35.9 Å². The summed E-state index contributed by atoms with van der Waals surface area (Å²) in [5.74, 6) is -0.986. The minimum atomic E-state index is -4.94. The Bertz CT molecular complexity index is 1770. The lowest BCUT2D eigenvalue weighted by atomic mass is 9.33. The first kappa shape index (κ1) is 39.8. The van der Waals surface area contributed by atoms with Gasteiger partial charge in [0, 0.05) is 43.7 Å². The Hall–Kier alpha value is -2.44. The number of nitrogens with zero attached hydrogens (tertiary/aromatic N) is 1. The van der Waals surface area contributed by atoms with E-state index in [0.29, 0.717) is 56.4 Å². The summed E-state index contributed by atoms with van der Waals surface area (Å²) in [6.07, 6.45) is 5.53. The smallest absolute Gasteiger partial charge is 0.465 e. The molecule has 6 aliphatic rings. The number of carbonyl (C=O) groups excluding carboxylic acids is 2. The predicted octanol–water partition coefficient (Wildman–Crippen LogP) is 7.05. The Balaban J connectivity index is 1.16. The van der Waals surface area contributed by atoms with Crippen molar-refractivity contribution >= 4 is 27.3 Å². The second-order valence-electron chi connectivity index (χ2n) is 19.0. The van der Waals surface area contributed by atoms with Crippen LogP contribution in [0, 0.1) is 45.3 Å². The van der Waals surface area contributed by atoms with Crippen molar-refractivity contribution in [2.75, 3.05) is 44.8 Å². The fourth-order valence-corrected chi connectivity index (χ4v) is 15.0. The molecule has 0 aromatic heterocycles. The summed E-state index contributed by atoms with van der Waals surface area (Å²) in [5, 5.41) is 6.39. The molecule has 1 heterocycles. The SMILES string of the molecule is COC(=O)c1ccc(C2=CC[C@]3(C)[C@H]4CC[C@@H]5[C@H]6[C@H](NC(=O)C(F)(F)F)CC[C@]6(NCCN6CCS(=O)(=O)CC6)CC[C@@]5(C)[C@]4(C)CC[C@H]3C2(C)C)cc1. The van der Waals surface area contributed by atoms with Gasteiger partial charge in [0.1, 0.15) is 0 Å². The summed E-state index contributed by atoms with van der Waals surface area (Å²) in [6, 6.07) is 7.20. The van der Waals surface area contributed by atoms with Crippen LogP contribution in [-0.2, 0) is 19.4 Å². The normalized spacial score (nSPS) is 39.9. The van der Waals surface area contributed by atoms with Crippen LogP contribution in [0.4, 0.5) is 13.2 Å². The molecule has 5 aliphatic carbocycles. The molecule has 1 amide bonds. The molecule has 12 heteroatoms. The standard InChI is InChI=1S/C42H60F3N3O5S/c1-37(2)29(27-7-9-28(10-8-27)35(49)53-6)13-16-38(3)32(37)15-17-40(5)33(38)12-11-30-34-31(47-36(50)42(43,44)45)14-18-41(34,20-19-39(30,40)4)46-21-22-48-23-25-54(51,52)26-24-48/h7-10,13,30-34,46H,11-12,14-26H2,1-6H3,(H,47,50)/t30-,31-,32+,33-,34+,38+,39-,40-,41+/m1/s1. The molecule has 1 saturated heterocycles. The van der Waals surface area contributed by atoms with Crippen molar-refractivity contribution in [2.24, 2.45) is 45.3 Å². The number of ether oxygens (including phenoxy) is 1. The van der Waals surface area contributed by atoms with Crippen LogP contribution in [0.15, 0.2) is 30.3 Å². The third-order valence-electron chi connectivity index (χ3n) is 16.5. The van der Waals surface area contributed by atoms with Crippen molar-refractivity contribution in [1.29, 1.82) is 0 Å². The van der Waals surface area contributed by atoms with Crippen LogP contribution in [-0.4, -0.2) is 87.7 Å². The van der Waals surface area contributed by atoms with Gasteiger partial charge in [0.15, 0.2) is 9.84 Å². The summed E-state index contributed by atoms with van der Waals surface area (Å²) in [5.41, 5.74) is 2.38. The number of nitrogens with one attached hydrogen (secondary N) is 2. The van der Waals surface area contributed by atoms with Crippen LogP contribution in [0.1, 0.15) is 108 Å². The molecule has 1 aromatic rings. The molecule has 0 unspecified atom stereocenters. The molecule has 0 spiro atoms. The van der Waals surface area contributed by atoms with Crippen molar-refractivity contribution in [3.8, 4) is 0 Å². The van der Waals surface area contributed by atoms with E-state index in [1.807, 2.05) is 24.3 Å². The largest absolute Gasteiger partial charge is 0.471 e. The van der Waals surface area contributed by atoms with Gasteiger partial charge < -0.3 is 20.3 Å². The van der Waals surface area contributed by atoms with Crippen LogP contribution in [0.5, 0.6) is 0 Å². The zero-order valence-corrected chi connectivity index (χ0v) is 33.7. The molecule has 8 nitrogen and oxygen atoms in total. The summed E-state index contributed by atoms with van der Waals surface area (Å²) in [4.78, 5) is 26.8. The first-order valence-corrected chi connectivity index (χ1v) is 22.0. The fourth-order valence-electron chi connectivity index (χ4n) is 13.7. The lowest BCUT2D eigenvalue weighted by Crippen LogP contribution is -2.69. The van der Waals surface area contributed by atoms with Crippen LogP contribution < -0.4 is 10.6 Å². The third kappa shape index (κ3) is 6.36. The maximum absolute atomic E-state index is 13.7. The molecule has 5 fully saturated rings. The van der Waals surface area contributed by atoms with Crippen molar-refractivity contribution in [3.63, 3.8) is 0 Å². The van der Waals surface area contributed by atoms with Crippen molar-refractivity contribution in [2.45, 2.75) is 110 Å². The van der Waals surface area contributed by atoms with Gasteiger partial charge in [0.2, 0.25) is 0 Å². The number of rotatable bonds is 7. The molecule has 4 saturated carbocycles. The van der Waals surface area contributed by atoms with Gasteiger partial charge in [0.25, 0.3) is 0 Å². The van der Waals surface area contributed by atoms with Crippen LogP contribution in [0.3, 0.4) is 0 Å². The molecule has 0 bridgehead atoms. The third-order valence-corrected chi connectivity index (χ3v) is 18.2. The lowest BCUT2D eigenvalue weighted by molar-refractivity contribution is -0.219. The number of alkyl halides is 3. The Morgan fingerprint density at radius 1 is 0.889 bits per heavy atom. The van der Waals surface area contributed by atoms with Gasteiger partial charge in [0.05, 0.1) is 24.2 Å². The molecule has 300 valence electrons. The Morgan fingerprint density at radius 2 is 1.57 bits per heavy atom. The number of halogens is 3. The summed E-state index contributed by atoms with van der Waals surface area (Å²) in [6.45, 7) is 14.5. The average molecular weight is 776 g/mol. The minimum Gasteiger partial charge on any atom is -0.465 e. The van der Waals surface area contributed by atoms with E-state index in [2.05, 4.69) is 56.2 Å². The number of amides is 1. The highest BCUT2D eigenvalue weighted by atomic mass is 32.2. The maximum Gasteiger partial charge on any atom is 0.471 e. The zero-order valence-electron chi connectivity index (χ0n) is 32.9. The van der Waals surface area contributed by atoms with Gasteiger partial charge in [-0.25, -0.2) is 13.2 Å². The molecule has 1 aliphatic heterocycles. The van der Waals surface area contributed by atoms with Crippen LogP contribution in [0.25, 0.3) is 5.57 Å². The molecule has 1 aromatic carbocycles. The monoisotopic (exact) mass is 775 g/mol. The molecular weight excluding hydrogens is 716 g/mol. The number of sulfone groups is 1. The Labute approximate surface area is 319 Å². The van der Waals surface area contributed by atoms with Gasteiger partial charge in [-0.15, -0.1) is 0 Å². The first-order valence-electron chi connectivity index (χ1n) is 20.2. The molecular formula is C42H60F3N3O5S. The number of esters is 1. The lowest BCUT2D eigenvalue weighted by Gasteiger charge is -2.72. The quantitative estimate of drug-likeness (QED) is 0.286. The summed E-state index contributed by atoms with van der Waals surface area (Å²) < 4.78 is 70.2. The Kier molecular flexibility index (Phi) is 10.0. The molecule has 9 atom stereocenters. The van der Waals surface area contributed by atoms with E-state index in [-0.39, 0.29) is 56.5 Å². The zero-order chi connectivity index (χ0) is 39.1. The van der Waals surface area contributed by atoms with E-state index in [4.69, 9.17) is 4.74 Å². The molecule has 7 rings (SSSR count). The minimum absolute atomic E-state index is 0.0304. The number of carbonyl (C=O) groups is 2. The number of hydrogen-bond donors (Lipinski definition) is 2. The van der Waals surface area contributed by atoms with Crippen molar-refractivity contribution in [3.05, 3.63) is 41.5 Å². The van der Waals surface area contributed by atoms with Crippen LogP contribution >= 0.6 is 0 Å². The second kappa shape index (κ2) is 13.6. The summed E-state index contributed by atoms with van der Waals surface area (Å²) >= 11 is 0. The highest BCUT2D eigenvalue weighted by Gasteiger charge is 2.70. The summed E-state index contributed by atoms with van der Waals surface area (Å²) in [7, 11) is -1.60. The molecule has 2 N–H and O–H groups in total. The number of hydrogen-bond acceptors (Lipinski definition) is 7. The number of allylic oxidation sites excluding steroid dienone is 2. The maximum atomic E-state index is 13.7. The fraction of sp³-hybridized carbons (Fsp3) is 0.762. The van der Waals surface area contributed by atoms with E-state index >= 15 is 0 Å². The number of methoxy groups -OCH3 is 1. The van der Waals surface area contributed by atoms with Gasteiger partial charge in [-0.1, -0.05) is 52.8 Å². The van der Waals surface area contributed by atoms with Gasteiger partial charge in [-0.05, 0) is 120 Å². The first-order chi connectivity index (χ1) is 25.2. The van der Waals surface area contributed by atoms with E-state index in [0.717, 1.165) is 50.5 Å². The highest BCUT2D eigenvalue weighted by Crippen LogP contribution is 2.76. The van der Waals surface area contributed by atoms with Gasteiger partial charge in [-0.3, -0.25) is 4.79 Å². The highest BCUT2D eigenvalue weighted by molar-refractivity contribution is 7.91. The topological polar surface area (TPSA) is 105 Å². The second-order valence-corrected chi connectivity index (χ2v) is 21.3. The number of benzene rings is 1. The Morgan fingerprint density at radius 3 is 2.22 bits per heavy atom. The van der Waals surface area contributed by atoms with Gasteiger partial charge >= 0.3 is 18.1 Å². The number of fused-ring (bicyclic) bond motifs is 7. The van der Waals surface area contributed by atoms with E-state index in [9.17, 15) is 31.2 Å². The van der Waals surface area contributed by atoms with Gasteiger partial charge in [-0.2, -0.15) is 13.2 Å².